The molecule has 8 aromatic carbocycles. The lowest BCUT2D eigenvalue weighted by molar-refractivity contribution is 1.01. The number of rotatable bonds is 3. The van der Waals surface area contributed by atoms with Crippen LogP contribution in [0.25, 0.3) is 99.0 Å². The van der Waals surface area contributed by atoms with Crippen LogP contribution in [0.5, 0.6) is 0 Å². The Kier molecular flexibility index (Phi) is 5.63. The minimum atomic E-state index is 0.664. The van der Waals surface area contributed by atoms with Gasteiger partial charge in [0.05, 0.1) is 33.3 Å². The lowest BCUT2D eigenvalue weighted by atomic mass is 9.95. The van der Waals surface area contributed by atoms with E-state index in [1.807, 2.05) is 6.07 Å². The Morgan fingerprint density at radius 1 is 0.360 bits per heavy atom. The van der Waals surface area contributed by atoms with Gasteiger partial charge in [0.1, 0.15) is 0 Å². The van der Waals surface area contributed by atoms with Crippen molar-refractivity contribution >= 4 is 76.1 Å². The Morgan fingerprint density at radius 2 is 0.960 bits per heavy atom. The summed E-state index contributed by atoms with van der Waals surface area (Å²) in [6.07, 6.45) is 0. The Morgan fingerprint density at radius 3 is 1.74 bits per heavy atom. The normalized spacial score (nSPS) is 12.0. The Hall–Kier alpha value is -6.78. The van der Waals surface area contributed by atoms with Crippen LogP contribution in [0.3, 0.4) is 0 Å². The highest BCUT2D eigenvalue weighted by atomic mass is 15.2. The van der Waals surface area contributed by atoms with E-state index < -0.39 is 0 Å². The summed E-state index contributed by atoms with van der Waals surface area (Å²) >= 11 is 0. The molecule has 0 aliphatic carbocycles. The second-order valence-corrected chi connectivity index (χ2v) is 13.0. The number of para-hydroxylation sites is 4. The maximum absolute atomic E-state index is 5.34. The van der Waals surface area contributed by atoms with E-state index in [0.29, 0.717) is 5.95 Å². The molecule has 0 unspecified atom stereocenters. The van der Waals surface area contributed by atoms with Gasteiger partial charge in [0, 0.05) is 43.6 Å². The minimum Gasteiger partial charge on any atom is -0.309 e. The van der Waals surface area contributed by atoms with Crippen LogP contribution >= 0.6 is 0 Å². The summed E-state index contributed by atoms with van der Waals surface area (Å²) in [5, 5.41) is 10.8. The maximum Gasteiger partial charge on any atom is 0.235 e. The summed E-state index contributed by atoms with van der Waals surface area (Å²) in [6, 6.07) is 60.6. The molecular formula is C46H28N4. The molecule has 0 N–H and O–H groups in total. The van der Waals surface area contributed by atoms with Crippen molar-refractivity contribution in [2.45, 2.75) is 0 Å². The highest BCUT2D eigenvalue weighted by Crippen LogP contribution is 2.45. The summed E-state index contributed by atoms with van der Waals surface area (Å²) < 4.78 is 4.71. The molecule has 3 heterocycles. The summed E-state index contributed by atoms with van der Waals surface area (Å²) in [4.78, 5) is 10.6. The summed E-state index contributed by atoms with van der Waals surface area (Å²) in [5.74, 6) is 0.664. The molecular weight excluding hydrogens is 609 g/mol. The van der Waals surface area contributed by atoms with Crippen LogP contribution in [0.4, 0.5) is 0 Å². The molecule has 0 spiro atoms. The lowest BCUT2D eigenvalue weighted by Crippen LogP contribution is -2.03. The zero-order valence-corrected chi connectivity index (χ0v) is 27.0. The van der Waals surface area contributed by atoms with Crippen molar-refractivity contribution in [1.29, 1.82) is 0 Å². The van der Waals surface area contributed by atoms with Crippen molar-refractivity contribution in [1.82, 2.24) is 19.1 Å². The first-order valence-corrected chi connectivity index (χ1v) is 17.0. The maximum atomic E-state index is 5.34. The van der Waals surface area contributed by atoms with E-state index >= 15 is 0 Å². The third-order valence-corrected chi connectivity index (χ3v) is 10.3. The van der Waals surface area contributed by atoms with Crippen molar-refractivity contribution in [3.05, 3.63) is 170 Å². The third kappa shape index (κ3) is 3.76. The average Bonchev–Trinajstić information content (AvgIpc) is 3.71. The molecule has 4 heteroatoms. The fraction of sp³-hybridized carbons (Fsp3) is 0. The van der Waals surface area contributed by atoms with E-state index in [2.05, 4.69) is 173 Å². The zero-order chi connectivity index (χ0) is 32.8. The summed E-state index contributed by atoms with van der Waals surface area (Å²) in [6.45, 7) is 0. The fourth-order valence-corrected chi connectivity index (χ4v) is 8.18. The average molecular weight is 637 g/mol. The highest BCUT2D eigenvalue weighted by molar-refractivity contribution is 6.34. The van der Waals surface area contributed by atoms with Crippen LogP contribution in [-0.2, 0) is 0 Å². The second-order valence-electron chi connectivity index (χ2n) is 13.0. The predicted molar refractivity (Wildman–Crippen MR) is 209 cm³/mol. The molecule has 0 saturated heterocycles. The van der Waals surface area contributed by atoms with Crippen LogP contribution in [0.15, 0.2) is 170 Å². The van der Waals surface area contributed by atoms with E-state index in [9.17, 15) is 0 Å². The number of fused-ring (bicyclic) bond motifs is 12. The van der Waals surface area contributed by atoms with Crippen molar-refractivity contribution in [2.24, 2.45) is 0 Å². The van der Waals surface area contributed by atoms with E-state index in [1.165, 1.54) is 54.1 Å². The first-order valence-electron chi connectivity index (χ1n) is 17.0. The monoisotopic (exact) mass is 636 g/mol. The van der Waals surface area contributed by atoms with Gasteiger partial charge in [-0.25, -0.2) is 9.97 Å². The molecule has 11 aromatic rings. The number of hydrogen-bond donors (Lipinski definition) is 0. The molecule has 4 nitrogen and oxygen atoms in total. The summed E-state index contributed by atoms with van der Waals surface area (Å²) in [5.41, 5.74) is 8.65. The third-order valence-electron chi connectivity index (χ3n) is 10.3. The number of aromatic nitrogens is 4. The predicted octanol–water partition coefficient (Wildman–Crippen LogP) is 11.8. The number of hydrogen-bond acceptors (Lipinski definition) is 2. The van der Waals surface area contributed by atoms with Crippen LogP contribution in [0.2, 0.25) is 0 Å². The van der Waals surface area contributed by atoms with Gasteiger partial charge in [-0.15, -0.1) is 0 Å². The zero-order valence-electron chi connectivity index (χ0n) is 27.0. The Labute approximate surface area is 287 Å². The molecule has 0 saturated carbocycles. The number of benzene rings is 8. The molecule has 0 fully saturated rings. The smallest absolute Gasteiger partial charge is 0.235 e. The standard InChI is InChI=1S/C46H28N4/c1-3-15-29(16-4-1)44-34-22-9-12-24-39(34)47-46(48-44)50-40-25-13-10-20-32(40)37-27-38-36(28-42(37)50)31-19-7-8-21-33(31)43-35-23-11-14-26-41(35)49(45(38)43)30-17-5-2-6-18-30/h1-28H. The molecule has 50 heavy (non-hydrogen) atoms. The van der Waals surface area contributed by atoms with E-state index in [4.69, 9.17) is 9.97 Å². The molecule has 0 amide bonds. The van der Waals surface area contributed by atoms with Gasteiger partial charge in [-0.05, 0) is 58.6 Å². The second kappa shape index (κ2) is 10.4. The van der Waals surface area contributed by atoms with Gasteiger partial charge in [-0.1, -0.05) is 127 Å². The van der Waals surface area contributed by atoms with Crippen molar-refractivity contribution in [3.63, 3.8) is 0 Å². The van der Waals surface area contributed by atoms with Gasteiger partial charge in [-0.2, -0.15) is 0 Å². The van der Waals surface area contributed by atoms with Crippen LogP contribution in [-0.4, -0.2) is 19.1 Å². The van der Waals surface area contributed by atoms with Gasteiger partial charge in [0.25, 0.3) is 0 Å². The Balaban J connectivity index is 1.33. The van der Waals surface area contributed by atoms with Gasteiger partial charge in [-0.3, -0.25) is 4.57 Å². The van der Waals surface area contributed by atoms with E-state index in [1.54, 1.807) is 0 Å². The Bertz CT molecular complexity index is 3140. The molecule has 232 valence electrons. The number of nitrogens with zero attached hydrogens (tertiary/aromatic N) is 4. The van der Waals surface area contributed by atoms with Gasteiger partial charge in [0.2, 0.25) is 5.95 Å². The van der Waals surface area contributed by atoms with Crippen LogP contribution in [0, 0.1) is 0 Å². The summed E-state index contributed by atoms with van der Waals surface area (Å²) in [7, 11) is 0. The minimum absolute atomic E-state index is 0.664. The van der Waals surface area contributed by atoms with Gasteiger partial charge in [0.15, 0.2) is 0 Å². The van der Waals surface area contributed by atoms with Gasteiger partial charge >= 0.3 is 0 Å². The van der Waals surface area contributed by atoms with Crippen molar-refractivity contribution in [2.75, 3.05) is 0 Å². The first kappa shape index (κ1) is 27.2. The highest BCUT2D eigenvalue weighted by Gasteiger charge is 2.22. The molecule has 0 bridgehead atoms. The molecule has 3 aromatic heterocycles. The van der Waals surface area contributed by atoms with Crippen molar-refractivity contribution in [3.8, 4) is 22.9 Å². The van der Waals surface area contributed by atoms with E-state index in [-0.39, 0.29) is 0 Å². The quantitative estimate of drug-likeness (QED) is 0.181. The molecule has 0 aliphatic heterocycles. The van der Waals surface area contributed by atoms with E-state index in [0.717, 1.165) is 38.9 Å². The molecule has 11 rings (SSSR count). The van der Waals surface area contributed by atoms with Crippen molar-refractivity contribution < 1.29 is 0 Å². The topological polar surface area (TPSA) is 35.6 Å². The molecule has 0 aliphatic rings. The first-order chi connectivity index (χ1) is 24.8. The lowest BCUT2D eigenvalue weighted by Gasteiger charge is -2.14. The largest absolute Gasteiger partial charge is 0.309 e. The molecule has 0 radical (unpaired) electrons. The SMILES string of the molecule is c1ccc(-c2nc(-n3c4ccccc4c4cc5c(cc43)c3ccccc3c3c4ccccc4n(-c4ccccc4)c53)nc3ccccc23)cc1. The van der Waals surface area contributed by atoms with Crippen LogP contribution in [0.1, 0.15) is 0 Å². The molecule has 0 atom stereocenters. The van der Waals surface area contributed by atoms with Crippen LogP contribution < -0.4 is 0 Å². The van der Waals surface area contributed by atoms with Gasteiger partial charge < -0.3 is 4.57 Å². The fourth-order valence-electron chi connectivity index (χ4n) is 8.18.